The number of ether oxygens (including phenoxy) is 1. The van der Waals surface area contributed by atoms with E-state index < -0.39 is 0 Å². The van der Waals surface area contributed by atoms with Crippen molar-refractivity contribution in [3.63, 3.8) is 0 Å². The molecule has 0 aliphatic heterocycles. The molecule has 4 atom stereocenters. The summed E-state index contributed by atoms with van der Waals surface area (Å²) in [5.41, 5.74) is 6.19. The van der Waals surface area contributed by atoms with Crippen LogP contribution in [0.5, 0.6) is 0 Å². The summed E-state index contributed by atoms with van der Waals surface area (Å²) >= 11 is 0. The fraction of sp³-hybridized carbons (Fsp3) is 0.938. The number of fused-ring (bicyclic) bond motifs is 2. The summed E-state index contributed by atoms with van der Waals surface area (Å²) in [4.78, 5) is 12.2. The van der Waals surface area contributed by atoms with Crippen LogP contribution in [0.4, 0.5) is 0 Å². The van der Waals surface area contributed by atoms with Crippen LogP contribution in [-0.2, 0) is 9.53 Å². The monoisotopic (exact) mass is 280 g/mol. The van der Waals surface area contributed by atoms with E-state index in [-0.39, 0.29) is 17.9 Å². The zero-order valence-electron chi connectivity index (χ0n) is 12.4. The lowest BCUT2D eigenvalue weighted by Crippen LogP contribution is -2.45. The summed E-state index contributed by atoms with van der Waals surface area (Å²) in [6.45, 7) is 1.50. The van der Waals surface area contributed by atoms with E-state index in [1.165, 1.54) is 44.9 Å². The Hall–Kier alpha value is -0.610. The zero-order chi connectivity index (χ0) is 13.9. The Morgan fingerprint density at radius 1 is 1.15 bits per heavy atom. The molecule has 0 aromatic rings. The molecule has 1 amide bonds. The number of hydrogen-bond donors (Lipinski definition) is 2. The van der Waals surface area contributed by atoms with Gasteiger partial charge in [-0.15, -0.1) is 0 Å². The third-order valence-corrected chi connectivity index (χ3v) is 5.56. The molecule has 0 radical (unpaired) electrons. The van der Waals surface area contributed by atoms with Crippen LogP contribution in [0.25, 0.3) is 0 Å². The van der Waals surface area contributed by atoms with Gasteiger partial charge in [0.25, 0.3) is 0 Å². The highest BCUT2D eigenvalue weighted by Gasteiger charge is 2.48. The van der Waals surface area contributed by atoms with E-state index >= 15 is 0 Å². The average molecular weight is 280 g/mol. The van der Waals surface area contributed by atoms with Crippen molar-refractivity contribution in [1.29, 1.82) is 0 Å². The number of rotatable bonds is 6. The lowest BCUT2D eigenvalue weighted by Gasteiger charge is -2.27. The molecule has 0 heterocycles. The van der Waals surface area contributed by atoms with Crippen LogP contribution >= 0.6 is 0 Å². The van der Waals surface area contributed by atoms with Gasteiger partial charge in [0.05, 0.1) is 12.0 Å². The highest BCUT2D eigenvalue weighted by molar-refractivity contribution is 5.80. The second kappa shape index (κ2) is 6.44. The lowest BCUT2D eigenvalue weighted by atomic mass is 9.84. The number of nitrogens with one attached hydrogen (secondary N) is 1. The molecular formula is C16H28N2O2. The molecule has 0 saturated heterocycles. The first-order valence-corrected chi connectivity index (χ1v) is 8.40. The highest BCUT2D eigenvalue weighted by atomic mass is 16.5. The molecule has 3 N–H and O–H groups in total. The van der Waals surface area contributed by atoms with Gasteiger partial charge in [-0.2, -0.15) is 0 Å². The molecule has 3 fully saturated rings. The number of amides is 1. The fourth-order valence-corrected chi connectivity index (χ4v) is 4.43. The van der Waals surface area contributed by atoms with Crippen molar-refractivity contribution in [2.75, 3.05) is 13.2 Å². The number of nitrogens with two attached hydrogens (primary N) is 1. The lowest BCUT2D eigenvalue weighted by molar-refractivity contribution is -0.127. The fourth-order valence-electron chi connectivity index (χ4n) is 4.43. The van der Waals surface area contributed by atoms with E-state index in [2.05, 4.69) is 5.32 Å². The first kappa shape index (κ1) is 14.3. The molecule has 0 aromatic heterocycles. The molecule has 4 unspecified atom stereocenters. The second-order valence-electron chi connectivity index (χ2n) is 6.86. The van der Waals surface area contributed by atoms with E-state index in [9.17, 15) is 4.79 Å². The minimum Gasteiger partial charge on any atom is -0.378 e. The number of carbonyl (C=O) groups is 1. The Kier molecular flexibility index (Phi) is 4.61. The summed E-state index contributed by atoms with van der Waals surface area (Å²) in [6.07, 6.45) is 10.0. The van der Waals surface area contributed by atoms with Crippen molar-refractivity contribution < 1.29 is 9.53 Å². The molecule has 3 aliphatic rings. The molecule has 3 rings (SSSR count). The van der Waals surface area contributed by atoms with Crippen molar-refractivity contribution in [1.82, 2.24) is 5.32 Å². The predicted molar refractivity (Wildman–Crippen MR) is 78.1 cm³/mol. The highest BCUT2D eigenvalue weighted by Crippen LogP contribution is 2.47. The Balaban J connectivity index is 1.31. The van der Waals surface area contributed by atoms with Gasteiger partial charge in [-0.25, -0.2) is 0 Å². The first-order valence-electron chi connectivity index (χ1n) is 8.40. The Morgan fingerprint density at radius 3 is 2.60 bits per heavy atom. The standard InChI is InChI=1S/C16H28N2O2/c17-15-12-7-6-11(10-12)14(15)16(19)18-8-3-9-20-13-4-1-2-5-13/h11-15H,1-10,17H2,(H,18,19). The predicted octanol–water partition coefficient (Wildman–Crippen LogP) is 1.83. The molecule has 4 heteroatoms. The van der Waals surface area contributed by atoms with Crippen LogP contribution in [0.1, 0.15) is 51.4 Å². The van der Waals surface area contributed by atoms with Crippen molar-refractivity contribution in [2.24, 2.45) is 23.5 Å². The van der Waals surface area contributed by atoms with E-state index in [1.54, 1.807) is 0 Å². The van der Waals surface area contributed by atoms with Crippen LogP contribution in [0.15, 0.2) is 0 Å². The quantitative estimate of drug-likeness (QED) is 0.730. The molecule has 114 valence electrons. The van der Waals surface area contributed by atoms with E-state index in [0.29, 0.717) is 17.9 Å². The van der Waals surface area contributed by atoms with Crippen molar-refractivity contribution in [2.45, 2.75) is 63.5 Å². The third-order valence-electron chi connectivity index (χ3n) is 5.56. The Labute approximate surface area is 121 Å². The Morgan fingerprint density at radius 2 is 1.90 bits per heavy atom. The maximum atomic E-state index is 12.2. The van der Waals surface area contributed by atoms with Gasteiger partial charge >= 0.3 is 0 Å². The van der Waals surface area contributed by atoms with Gasteiger partial charge in [0, 0.05) is 19.2 Å². The van der Waals surface area contributed by atoms with Crippen molar-refractivity contribution >= 4 is 5.91 Å². The van der Waals surface area contributed by atoms with E-state index in [4.69, 9.17) is 10.5 Å². The largest absolute Gasteiger partial charge is 0.378 e. The average Bonchev–Trinajstić information content (AvgIpc) is 3.14. The summed E-state index contributed by atoms with van der Waals surface area (Å²) in [6, 6.07) is 0.100. The molecule has 0 spiro atoms. The molecule has 0 aromatic carbocycles. The molecule has 20 heavy (non-hydrogen) atoms. The minimum atomic E-state index is 0.0736. The second-order valence-corrected chi connectivity index (χ2v) is 6.86. The van der Waals surface area contributed by atoms with Crippen LogP contribution < -0.4 is 11.1 Å². The Bertz CT molecular complexity index is 339. The SMILES string of the molecule is NC1C2CCC(C2)C1C(=O)NCCCOC1CCCC1. The van der Waals surface area contributed by atoms with Crippen LogP contribution in [0.3, 0.4) is 0 Å². The number of carbonyl (C=O) groups excluding carboxylic acids is 1. The van der Waals surface area contributed by atoms with Gasteiger partial charge in [0.1, 0.15) is 0 Å². The molecular weight excluding hydrogens is 252 g/mol. The van der Waals surface area contributed by atoms with Gasteiger partial charge in [-0.1, -0.05) is 12.8 Å². The van der Waals surface area contributed by atoms with Crippen molar-refractivity contribution in [3.8, 4) is 0 Å². The maximum absolute atomic E-state index is 12.2. The van der Waals surface area contributed by atoms with Gasteiger partial charge in [-0.3, -0.25) is 4.79 Å². The van der Waals surface area contributed by atoms with Crippen LogP contribution in [-0.4, -0.2) is 31.2 Å². The van der Waals surface area contributed by atoms with Crippen LogP contribution in [0.2, 0.25) is 0 Å². The maximum Gasteiger partial charge on any atom is 0.224 e. The zero-order valence-corrected chi connectivity index (χ0v) is 12.4. The summed E-state index contributed by atoms with van der Waals surface area (Å²) in [5.74, 6) is 1.40. The van der Waals surface area contributed by atoms with Gasteiger partial charge in [0.15, 0.2) is 0 Å². The molecule has 3 saturated carbocycles. The molecule has 2 bridgehead atoms. The van der Waals surface area contributed by atoms with Crippen molar-refractivity contribution in [3.05, 3.63) is 0 Å². The normalized spacial score (nSPS) is 36.6. The summed E-state index contributed by atoms with van der Waals surface area (Å²) in [5, 5.41) is 3.07. The van der Waals surface area contributed by atoms with Gasteiger partial charge in [-0.05, 0) is 50.4 Å². The molecule has 4 nitrogen and oxygen atoms in total. The molecule has 3 aliphatic carbocycles. The first-order chi connectivity index (χ1) is 9.75. The third kappa shape index (κ3) is 3.01. The number of hydrogen-bond acceptors (Lipinski definition) is 3. The summed E-state index contributed by atoms with van der Waals surface area (Å²) < 4.78 is 5.80. The smallest absolute Gasteiger partial charge is 0.224 e. The summed E-state index contributed by atoms with van der Waals surface area (Å²) in [7, 11) is 0. The topological polar surface area (TPSA) is 64.4 Å². The van der Waals surface area contributed by atoms with E-state index in [1.807, 2.05) is 0 Å². The van der Waals surface area contributed by atoms with Gasteiger partial charge in [0.2, 0.25) is 5.91 Å². The van der Waals surface area contributed by atoms with Gasteiger partial charge < -0.3 is 15.8 Å². The minimum absolute atomic E-state index is 0.0736. The van der Waals surface area contributed by atoms with E-state index in [0.717, 1.165) is 19.6 Å². The van der Waals surface area contributed by atoms with Crippen LogP contribution in [0, 0.1) is 17.8 Å².